The van der Waals surface area contributed by atoms with Gasteiger partial charge in [-0.2, -0.15) is 0 Å². The summed E-state index contributed by atoms with van der Waals surface area (Å²) in [6, 6.07) is 6.96. The van der Waals surface area contributed by atoms with E-state index in [2.05, 4.69) is 72.3 Å². The highest BCUT2D eigenvalue weighted by Crippen LogP contribution is 2.32. The predicted molar refractivity (Wildman–Crippen MR) is 95.0 cm³/mol. The minimum Gasteiger partial charge on any atom is -0.496 e. The number of hydrogen-bond acceptors (Lipinski definition) is 3. The average Bonchev–Trinajstić information content (AvgIpc) is 2.82. The van der Waals surface area contributed by atoms with Gasteiger partial charge in [-0.3, -0.25) is 0 Å². The number of rotatable bonds is 5. The van der Waals surface area contributed by atoms with Crippen LogP contribution >= 0.6 is 33.9 Å². The lowest BCUT2D eigenvalue weighted by Crippen LogP contribution is -2.21. The van der Waals surface area contributed by atoms with Gasteiger partial charge in [0.25, 0.3) is 0 Å². The number of methoxy groups -OCH3 is 1. The summed E-state index contributed by atoms with van der Waals surface area (Å²) < 4.78 is 6.78. The molecule has 0 aliphatic heterocycles. The SMILES string of the molecule is CCNC(c1csc(I)c1)c1cc(C)c(OC)c(C)c1. The minimum absolute atomic E-state index is 0.253. The average molecular weight is 401 g/mol. The first-order valence-electron chi connectivity index (χ1n) is 6.69. The van der Waals surface area contributed by atoms with Crippen molar-refractivity contribution in [3.05, 3.63) is 48.7 Å². The number of aryl methyl sites for hydroxylation is 2. The topological polar surface area (TPSA) is 21.3 Å². The van der Waals surface area contributed by atoms with Crippen LogP contribution in [0.2, 0.25) is 0 Å². The van der Waals surface area contributed by atoms with Crippen LogP contribution in [0.15, 0.2) is 23.6 Å². The van der Waals surface area contributed by atoms with E-state index in [1.165, 1.54) is 25.1 Å². The Labute approximate surface area is 138 Å². The lowest BCUT2D eigenvalue weighted by atomic mass is 9.96. The Kier molecular flexibility index (Phi) is 5.46. The van der Waals surface area contributed by atoms with Gasteiger partial charge in [0.1, 0.15) is 5.75 Å². The number of halogens is 1. The molecular formula is C16H20INOS. The van der Waals surface area contributed by atoms with Crippen LogP contribution in [-0.4, -0.2) is 13.7 Å². The van der Waals surface area contributed by atoms with E-state index in [0.717, 1.165) is 12.3 Å². The molecule has 0 fully saturated rings. The van der Waals surface area contributed by atoms with Crippen molar-refractivity contribution in [1.82, 2.24) is 5.32 Å². The maximum atomic E-state index is 5.46. The van der Waals surface area contributed by atoms with Gasteiger partial charge in [-0.05, 0) is 76.7 Å². The summed E-state index contributed by atoms with van der Waals surface area (Å²) in [5.74, 6) is 0.990. The molecule has 2 rings (SSSR count). The third kappa shape index (κ3) is 3.35. The highest BCUT2D eigenvalue weighted by atomic mass is 127. The summed E-state index contributed by atoms with van der Waals surface area (Å²) in [5.41, 5.74) is 5.02. The molecule has 1 aromatic carbocycles. The molecule has 0 aliphatic carbocycles. The monoisotopic (exact) mass is 401 g/mol. The molecule has 1 atom stereocenters. The lowest BCUT2D eigenvalue weighted by molar-refractivity contribution is 0.408. The molecule has 108 valence electrons. The second kappa shape index (κ2) is 6.91. The molecule has 1 aromatic heterocycles. The van der Waals surface area contributed by atoms with Crippen molar-refractivity contribution >= 4 is 33.9 Å². The van der Waals surface area contributed by atoms with Gasteiger partial charge in [-0.1, -0.05) is 19.1 Å². The fourth-order valence-electron chi connectivity index (χ4n) is 2.58. The van der Waals surface area contributed by atoms with E-state index in [1.54, 1.807) is 18.4 Å². The number of ether oxygens (including phenoxy) is 1. The number of nitrogens with one attached hydrogen (secondary N) is 1. The molecule has 2 aromatic rings. The molecule has 1 heterocycles. The van der Waals surface area contributed by atoms with Crippen LogP contribution in [0.5, 0.6) is 5.75 Å². The maximum Gasteiger partial charge on any atom is 0.124 e. The molecule has 2 nitrogen and oxygen atoms in total. The molecular weight excluding hydrogens is 381 g/mol. The van der Waals surface area contributed by atoms with Crippen LogP contribution in [0.3, 0.4) is 0 Å². The molecule has 1 N–H and O–H groups in total. The second-order valence-electron chi connectivity index (χ2n) is 4.86. The van der Waals surface area contributed by atoms with Crippen LogP contribution < -0.4 is 10.1 Å². The molecule has 0 spiro atoms. The largest absolute Gasteiger partial charge is 0.496 e. The van der Waals surface area contributed by atoms with Crippen LogP contribution in [0, 0.1) is 16.7 Å². The molecule has 0 radical (unpaired) electrons. The fourth-order valence-corrected chi connectivity index (χ4v) is 3.98. The van der Waals surface area contributed by atoms with Crippen molar-refractivity contribution in [2.75, 3.05) is 13.7 Å². The van der Waals surface area contributed by atoms with E-state index in [9.17, 15) is 0 Å². The van der Waals surface area contributed by atoms with Gasteiger partial charge in [0.2, 0.25) is 0 Å². The van der Waals surface area contributed by atoms with Crippen LogP contribution in [0.4, 0.5) is 0 Å². The first kappa shape index (κ1) is 15.8. The Morgan fingerprint density at radius 2 is 1.85 bits per heavy atom. The lowest BCUT2D eigenvalue weighted by Gasteiger charge is -2.20. The van der Waals surface area contributed by atoms with Gasteiger partial charge in [-0.25, -0.2) is 0 Å². The number of thiophene rings is 1. The Morgan fingerprint density at radius 1 is 1.20 bits per heavy atom. The summed E-state index contributed by atoms with van der Waals surface area (Å²) in [6.45, 7) is 7.31. The third-order valence-electron chi connectivity index (χ3n) is 3.35. The quantitative estimate of drug-likeness (QED) is 0.735. The smallest absolute Gasteiger partial charge is 0.124 e. The van der Waals surface area contributed by atoms with E-state index in [1.807, 2.05) is 0 Å². The molecule has 0 aliphatic rings. The standard InChI is InChI=1S/C16H20INOS/c1-5-18-15(13-8-14(17)20-9-13)12-6-10(2)16(19-4)11(3)7-12/h6-9,15,18H,5H2,1-4H3. The fraction of sp³-hybridized carbons (Fsp3) is 0.375. The Morgan fingerprint density at radius 3 is 2.30 bits per heavy atom. The summed E-state index contributed by atoms with van der Waals surface area (Å²) in [7, 11) is 1.73. The molecule has 4 heteroatoms. The summed E-state index contributed by atoms with van der Waals surface area (Å²) >= 11 is 4.17. The zero-order valence-corrected chi connectivity index (χ0v) is 15.3. The first-order chi connectivity index (χ1) is 9.56. The van der Waals surface area contributed by atoms with Gasteiger partial charge >= 0.3 is 0 Å². The van der Waals surface area contributed by atoms with E-state index in [4.69, 9.17) is 4.74 Å². The second-order valence-corrected chi connectivity index (χ2v) is 7.67. The van der Waals surface area contributed by atoms with Crippen LogP contribution in [0.25, 0.3) is 0 Å². The van der Waals surface area contributed by atoms with Gasteiger partial charge in [0.05, 0.1) is 16.0 Å². The van der Waals surface area contributed by atoms with Crippen LogP contribution in [-0.2, 0) is 0 Å². The first-order valence-corrected chi connectivity index (χ1v) is 8.65. The summed E-state index contributed by atoms with van der Waals surface area (Å²) in [4.78, 5) is 0. The van der Waals surface area contributed by atoms with Crippen molar-refractivity contribution in [1.29, 1.82) is 0 Å². The molecule has 20 heavy (non-hydrogen) atoms. The molecule has 0 saturated heterocycles. The Hall–Kier alpha value is -0.590. The van der Waals surface area contributed by atoms with Gasteiger partial charge in [0, 0.05) is 0 Å². The Bertz CT molecular complexity index is 571. The summed E-state index contributed by atoms with van der Waals surface area (Å²) in [5, 5.41) is 5.82. The predicted octanol–water partition coefficient (Wildman–Crippen LogP) is 4.68. The zero-order valence-electron chi connectivity index (χ0n) is 12.3. The number of benzene rings is 1. The normalized spacial score (nSPS) is 12.4. The molecule has 0 bridgehead atoms. The highest BCUT2D eigenvalue weighted by Gasteiger charge is 2.17. The van der Waals surface area contributed by atoms with E-state index < -0.39 is 0 Å². The zero-order chi connectivity index (χ0) is 14.7. The van der Waals surface area contributed by atoms with Crippen molar-refractivity contribution in [3.63, 3.8) is 0 Å². The van der Waals surface area contributed by atoms with Gasteiger partial charge in [0.15, 0.2) is 0 Å². The minimum atomic E-state index is 0.253. The maximum absolute atomic E-state index is 5.46. The van der Waals surface area contributed by atoms with Gasteiger partial charge in [-0.15, -0.1) is 11.3 Å². The highest BCUT2D eigenvalue weighted by molar-refractivity contribution is 14.1. The Balaban J connectivity index is 2.44. The van der Waals surface area contributed by atoms with E-state index in [-0.39, 0.29) is 6.04 Å². The molecule has 0 amide bonds. The van der Waals surface area contributed by atoms with Crippen molar-refractivity contribution in [2.45, 2.75) is 26.8 Å². The molecule has 0 saturated carbocycles. The van der Waals surface area contributed by atoms with E-state index >= 15 is 0 Å². The van der Waals surface area contributed by atoms with E-state index in [0.29, 0.717) is 0 Å². The number of hydrogen-bond donors (Lipinski definition) is 1. The van der Waals surface area contributed by atoms with Crippen molar-refractivity contribution in [2.24, 2.45) is 0 Å². The van der Waals surface area contributed by atoms with Crippen molar-refractivity contribution < 1.29 is 4.74 Å². The van der Waals surface area contributed by atoms with Crippen molar-refractivity contribution in [3.8, 4) is 5.75 Å². The molecule has 1 unspecified atom stereocenters. The summed E-state index contributed by atoms with van der Waals surface area (Å²) in [6.07, 6.45) is 0. The van der Waals surface area contributed by atoms with Gasteiger partial charge < -0.3 is 10.1 Å². The van der Waals surface area contributed by atoms with Crippen LogP contribution in [0.1, 0.15) is 35.2 Å². The third-order valence-corrected chi connectivity index (χ3v) is 5.16.